The molecule has 2 heterocycles. The first-order valence-corrected chi connectivity index (χ1v) is 7.70. The highest BCUT2D eigenvalue weighted by atomic mass is 79.9. The molecule has 0 aromatic rings. The third-order valence-electron chi connectivity index (χ3n) is 5.21. The number of fused-ring (bicyclic) bond motifs is 4. The van der Waals surface area contributed by atoms with E-state index in [1.807, 2.05) is 27.7 Å². The van der Waals surface area contributed by atoms with Gasteiger partial charge in [0, 0.05) is 6.42 Å². The number of carbonyl (C=O) groups excluding carboxylic acids is 2. The van der Waals surface area contributed by atoms with E-state index in [2.05, 4.69) is 15.9 Å². The van der Waals surface area contributed by atoms with E-state index in [-0.39, 0.29) is 40.4 Å². The molecule has 3 fully saturated rings. The molecule has 2 aliphatic heterocycles. The predicted octanol–water partition coefficient (Wildman–Crippen LogP) is 1.88. The lowest BCUT2D eigenvalue weighted by Gasteiger charge is -2.69. The summed E-state index contributed by atoms with van der Waals surface area (Å²) < 4.78 is 12.1. The molecular formula is C14H19BrO4. The van der Waals surface area contributed by atoms with Gasteiger partial charge in [0.2, 0.25) is 0 Å². The zero-order valence-electron chi connectivity index (χ0n) is 11.6. The molecule has 2 saturated heterocycles. The average molecular weight is 331 g/mol. The van der Waals surface area contributed by atoms with E-state index in [1.54, 1.807) is 0 Å². The lowest BCUT2D eigenvalue weighted by molar-refractivity contribution is -0.343. The van der Waals surface area contributed by atoms with Crippen LogP contribution in [0.2, 0.25) is 0 Å². The maximum absolute atomic E-state index is 12.5. The van der Waals surface area contributed by atoms with Gasteiger partial charge in [0.05, 0.1) is 28.9 Å². The van der Waals surface area contributed by atoms with Gasteiger partial charge in [-0.05, 0) is 27.7 Å². The summed E-state index contributed by atoms with van der Waals surface area (Å²) in [5.74, 6) is -0.517. The molecule has 7 atom stereocenters. The van der Waals surface area contributed by atoms with Gasteiger partial charge in [-0.15, -0.1) is 0 Å². The Labute approximate surface area is 121 Å². The quantitative estimate of drug-likeness (QED) is 0.636. The van der Waals surface area contributed by atoms with Gasteiger partial charge in [0.1, 0.15) is 17.0 Å². The molecule has 0 N–H and O–H groups in total. The van der Waals surface area contributed by atoms with Crippen LogP contribution in [0.15, 0.2) is 0 Å². The predicted molar refractivity (Wildman–Crippen MR) is 72.2 cm³/mol. The van der Waals surface area contributed by atoms with E-state index in [0.717, 1.165) is 0 Å². The molecule has 106 valence electrons. The Morgan fingerprint density at radius 3 is 2.32 bits per heavy atom. The molecule has 0 aromatic heterocycles. The highest BCUT2D eigenvalue weighted by Crippen LogP contribution is 2.62. The Balaban J connectivity index is 2.03. The van der Waals surface area contributed by atoms with Gasteiger partial charge in [-0.25, -0.2) is 0 Å². The lowest BCUT2D eigenvalue weighted by atomic mass is 9.46. The van der Waals surface area contributed by atoms with Crippen molar-refractivity contribution in [3.05, 3.63) is 0 Å². The topological polar surface area (TPSA) is 52.6 Å². The van der Waals surface area contributed by atoms with Gasteiger partial charge in [0.25, 0.3) is 0 Å². The average Bonchev–Trinajstić information content (AvgIpc) is 2.29. The van der Waals surface area contributed by atoms with Crippen molar-refractivity contribution in [3.8, 4) is 0 Å². The van der Waals surface area contributed by atoms with Crippen LogP contribution in [0.1, 0.15) is 34.1 Å². The number of carbonyl (C=O) groups is 2. The van der Waals surface area contributed by atoms with E-state index in [1.165, 1.54) is 0 Å². The highest BCUT2D eigenvalue weighted by Gasteiger charge is 2.77. The number of Topliss-reactive ketones (excluding diaryl/α,β-unsaturated/α-hetero) is 2. The molecule has 3 rings (SSSR count). The Kier molecular flexibility index (Phi) is 2.81. The Morgan fingerprint density at radius 1 is 1.11 bits per heavy atom. The molecule has 0 radical (unpaired) electrons. The van der Waals surface area contributed by atoms with Crippen LogP contribution >= 0.6 is 15.9 Å². The Bertz CT molecular complexity index is 464. The van der Waals surface area contributed by atoms with Crippen LogP contribution in [0.3, 0.4) is 0 Å². The van der Waals surface area contributed by atoms with E-state index < -0.39 is 11.2 Å². The standard InChI is InChI=1S/C14H19BrO4/c1-6-5-8(16)9-10-12(17)11(15)7(2)19-14(10,4)13(9,3)18-6/h6-7,9-11H,5H2,1-4H3. The highest BCUT2D eigenvalue weighted by molar-refractivity contribution is 9.10. The Hall–Kier alpha value is -0.260. The van der Waals surface area contributed by atoms with E-state index >= 15 is 0 Å². The molecule has 19 heavy (non-hydrogen) atoms. The van der Waals surface area contributed by atoms with E-state index in [0.29, 0.717) is 6.42 Å². The van der Waals surface area contributed by atoms with Crippen LogP contribution in [-0.2, 0) is 19.1 Å². The summed E-state index contributed by atoms with van der Waals surface area (Å²) in [6.45, 7) is 7.60. The zero-order valence-corrected chi connectivity index (χ0v) is 13.2. The molecule has 7 unspecified atom stereocenters. The van der Waals surface area contributed by atoms with E-state index in [4.69, 9.17) is 9.47 Å². The first kappa shape index (κ1) is 13.7. The summed E-state index contributed by atoms with van der Waals surface area (Å²) in [5, 5.41) is 0. The number of ketones is 2. The second-order valence-electron chi connectivity index (χ2n) is 6.40. The minimum Gasteiger partial charge on any atom is -0.368 e. The number of ether oxygens (including phenoxy) is 2. The number of halogens is 1. The van der Waals surface area contributed by atoms with Gasteiger partial charge in [-0.2, -0.15) is 0 Å². The molecule has 1 saturated carbocycles. The SMILES string of the molecule is CC1CC(=O)C2C3C(=O)C(Br)C(C)OC3(C)C2(C)O1. The number of hydrogen-bond donors (Lipinski definition) is 0. The zero-order chi connectivity index (χ0) is 14.2. The second kappa shape index (κ2) is 3.89. The van der Waals surface area contributed by atoms with Crippen LogP contribution in [0.5, 0.6) is 0 Å². The maximum Gasteiger partial charge on any atom is 0.155 e. The van der Waals surface area contributed by atoms with Crippen molar-refractivity contribution < 1.29 is 19.1 Å². The summed E-state index contributed by atoms with van der Waals surface area (Å²) in [6.07, 6.45) is 0.0764. The second-order valence-corrected chi connectivity index (χ2v) is 7.38. The maximum atomic E-state index is 12.5. The van der Waals surface area contributed by atoms with Crippen molar-refractivity contribution in [3.63, 3.8) is 0 Å². The fraction of sp³-hybridized carbons (Fsp3) is 0.857. The van der Waals surface area contributed by atoms with Gasteiger partial charge >= 0.3 is 0 Å². The number of alkyl halides is 1. The van der Waals surface area contributed by atoms with Gasteiger partial charge < -0.3 is 9.47 Å². The van der Waals surface area contributed by atoms with Crippen molar-refractivity contribution >= 4 is 27.5 Å². The molecule has 0 aromatic carbocycles. The van der Waals surface area contributed by atoms with Crippen molar-refractivity contribution in [1.29, 1.82) is 0 Å². The first-order valence-electron chi connectivity index (χ1n) is 6.78. The minimum absolute atomic E-state index is 0.0789. The molecule has 5 heteroatoms. The molecular weight excluding hydrogens is 312 g/mol. The van der Waals surface area contributed by atoms with Crippen LogP contribution in [0.4, 0.5) is 0 Å². The number of hydrogen-bond acceptors (Lipinski definition) is 4. The smallest absolute Gasteiger partial charge is 0.155 e. The van der Waals surface area contributed by atoms with Crippen LogP contribution in [0, 0.1) is 11.8 Å². The Morgan fingerprint density at radius 2 is 1.68 bits per heavy atom. The molecule has 0 spiro atoms. The van der Waals surface area contributed by atoms with Gasteiger partial charge in [0.15, 0.2) is 5.78 Å². The minimum atomic E-state index is -0.692. The fourth-order valence-corrected chi connectivity index (χ4v) is 4.58. The van der Waals surface area contributed by atoms with Gasteiger partial charge in [-0.3, -0.25) is 9.59 Å². The summed E-state index contributed by atoms with van der Waals surface area (Å²) >= 11 is 3.38. The molecule has 4 nitrogen and oxygen atoms in total. The van der Waals surface area contributed by atoms with Crippen LogP contribution in [0.25, 0.3) is 0 Å². The normalized spacial score (nSPS) is 57.2. The third-order valence-corrected chi connectivity index (χ3v) is 6.40. The molecule has 1 aliphatic carbocycles. The van der Waals surface area contributed by atoms with Crippen molar-refractivity contribution in [2.75, 3.05) is 0 Å². The van der Waals surface area contributed by atoms with Crippen molar-refractivity contribution in [2.45, 2.75) is 62.4 Å². The largest absolute Gasteiger partial charge is 0.368 e. The fourth-order valence-electron chi connectivity index (χ4n) is 4.19. The van der Waals surface area contributed by atoms with Crippen LogP contribution in [-0.4, -0.2) is 39.8 Å². The lowest BCUT2D eigenvalue weighted by Crippen LogP contribution is -2.83. The van der Waals surface area contributed by atoms with Crippen LogP contribution < -0.4 is 0 Å². The molecule has 0 bridgehead atoms. The van der Waals surface area contributed by atoms with Gasteiger partial charge in [-0.1, -0.05) is 15.9 Å². The molecule has 0 amide bonds. The third kappa shape index (κ3) is 1.47. The monoisotopic (exact) mass is 330 g/mol. The summed E-state index contributed by atoms with van der Waals surface area (Å²) in [4.78, 5) is 24.5. The molecule has 3 aliphatic rings. The summed E-state index contributed by atoms with van der Waals surface area (Å²) in [5.41, 5.74) is -1.37. The first-order chi connectivity index (χ1) is 8.72. The van der Waals surface area contributed by atoms with E-state index in [9.17, 15) is 9.59 Å². The number of rotatable bonds is 0. The van der Waals surface area contributed by atoms with Crippen molar-refractivity contribution in [1.82, 2.24) is 0 Å². The van der Waals surface area contributed by atoms with Crippen molar-refractivity contribution in [2.24, 2.45) is 11.8 Å². The summed E-state index contributed by atoms with van der Waals surface area (Å²) in [7, 11) is 0. The summed E-state index contributed by atoms with van der Waals surface area (Å²) in [6, 6.07) is 0.